The highest BCUT2D eigenvalue weighted by atomic mass is 79.9. The van der Waals surface area contributed by atoms with E-state index in [9.17, 15) is 32.5 Å². The number of nitrogens with one attached hydrogen (secondary N) is 1. The fraction of sp³-hybridized carbons (Fsp3) is 0.438. The smallest absolute Gasteiger partial charge is 0.349 e. The Bertz CT molecular complexity index is 1770. The number of rotatable bonds is 10. The molecule has 0 aliphatic carbocycles. The van der Waals surface area contributed by atoms with Crippen LogP contribution >= 0.6 is 34.9 Å². The van der Waals surface area contributed by atoms with E-state index in [0.717, 1.165) is 27.9 Å². The highest BCUT2D eigenvalue weighted by Crippen LogP contribution is 2.59. The molecule has 2 heterocycles. The first-order valence-corrected chi connectivity index (χ1v) is 18.3. The van der Waals surface area contributed by atoms with Crippen LogP contribution in [0.15, 0.2) is 53.0 Å². The highest BCUT2D eigenvalue weighted by molar-refractivity contribution is 9.10. The second-order valence-electron chi connectivity index (χ2n) is 12.9. The van der Waals surface area contributed by atoms with Crippen LogP contribution in [0.5, 0.6) is 0 Å². The molecule has 1 aromatic heterocycles. The van der Waals surface area contributed by atoms with Gasteiger partial charge >= 0.3 is 13.3 Å². The van der Waals surface area contributed by atoms with Crippen LogP contribution in [0, 0.1) is 5.41 Å². The van der Waals surface area contributed by atoms with E-state index in [1.165, 1.54) is 26.8 Å². The molecule has 1 saturated heterocycles. The van der Waals surface area contributed by atoms with E-state index >= 15 is 0 Å². The number of anilines is 1. The molecule has 48 heavy (non-hydrogen) atoms. The predicted octanol–water partition coefficient (Wildman–Crippen LogP) is 5.54. The van der Waals surface area contributed by atoms with E-state index in [1.807, 2.05) is 6.07 Å². The molecule has 1 aliphatic rings. The predicted molar refractivity (Wildman–Crippen MR) is 183 cm³/mol. The Kier molecular flexibility index (Phi) is 11.2. The summed E-state index contributed by atoms with van der Waals surface area (Å²) in [5, 5.41) is 2.97. The van der Waals surface area contributed by atoms with Gasteiger partial charge in [0.05, 0.1) is 4.88 Å². The van der Waals surface area contributed by atoms with Gasteiger partial charge in [0.1, 0.15) is 12.1 Å². The summed E-state index contributed by atoms with van der Waals surface area (Å²) in [4.78, 5) is 77.1. The monoisotopic (exact) mass is 770 g/mol. The largest absolute Gasteiger partial charge is 0.399 e. The van der Waals surface area contributed by atoms with Crippen molar-refractivity contribution in [2.45, 2.75) is 57.8 Å². The number of amides is 4. The quantitative estimate of drug-likeness (QED) is 0.230. The zero-order valence-electron chi connectivity index (χ0n) is 27.1. The van der Waals surface area contributed by atoms with Crippen LogP contribution in [0.4, 0.5) is 14.5 Å². The molecule has 4 amide bonds. The molecular weight excluding hydrogens is 733 g/mol. The first kappa shape index (κ1) is 37.6. The standard InChI is InChI=1S/C32H38BrF2N4O7PS/c1-31(2,3)27(36-28(41)25-17-19-16-20(11-12-24(19)48-25)32(34,35)47(44,45)46)30(43)39-14-7-10-23(39)29(42)38(15-13-26(40)37(4)5)22-9-6-8-21(33)18-22/h6,8-9,11-12,16-18,23,27H,7,10,13-15H2,1-5H3,(H,36,41)(H2,44,45,46)/t23-,27+/m0/s1. The van der Waals surface area contributed by atoms with E-state index < -0.39 is 48.1 Å². The minimum absolute atomic E-state index is 0.0696. The average molecular weight is 772 g/mol. The molecule has 0 bridgehead atoms. The Morgan fingerprint density at radius 3 is 2.40 bits per heavy atom. The molecule has 2 aromatic carbocycles. The molecule has 0 radical (unpaired) electrons. The van der Waals surface area contributed by atoms with Crippen LogP contribution in [0.2, 0.25) is 0 Å². The fourth-order valence-corrected chi connectivity index (χ4v) is 7.24. The molecular formula is C32H38BrF2N4O7PS. The number of likely N-dealkylation sites (tertiary alicyclic amines) is 1. The van der Waals surface area contributed by atoms with Gasteiger partial charge in [-0.2, -0.15) is 8.78 Å². The van der Waals surface area contributed by atoms with Gasteiger partial charge < -0.3 is 29.8 Å². The molecule has 3 aromatic rings. The van der Waals surface area contributed by atoms with Crippen LogP contribution in [-0.2, 0) is 24.6 Å². The van der Waals surface area contributed by atoms with Crippen molar-refractivity contribution in [3.8, 4) is 0 Å². The molecule has 260 valence electrons. The van der Waals surface area contributed by atoms with Crippen molar-refractivity contribution >= 4 is 74.3 Å². The van der Waals surface area contributed by atoms with E-state index in [4.69, 9.17) is 9.79 Å². The summed E-state index contributed by atoms with van der Waals surface area (Å²) in [5.74, 6) is -1.62. The molecule has 3 N–H and O–H groups in total. The summed E-state index contributed by atoms with van der Waals surface area (Å²) in [6.45, 7) is 5.68. The third-order valence-corrected chi connectivity index (χ3v) is 10.7. The molecule has 11 nitrogen and oxygen atoms in total. The van der Waals surface area contributed by atoms with Gasteiger partial charge in [0.2, 0.25) is 17.7 Å². The summed E-state index contributed by atoms with van der Waals surface area (Å²) in [7, 11) is -2.52. The number of alkyl halides is 2. The van der Waals surface area contributed by atoms with E-state index in [1.54, 1.807) is 53.1 Å². The summed E-state index contributed by atoms with van der Waals surface area (Å²) in [5.41, 5.74) is -5.54. The third kappa shape index (κ3) is 8.14. The number of hydrogen-bond acceptors (Lipinski definition) is 6. The van der Waals surface area contributed by atoms with Gasteiger partial charge in [0.15, 0.2) is 0 Å². The molecule has 1 aliphatic heterocycles. The molecule has 4 rings (SSSR count). The van der Waals surface area contributed by atoms with Crippen LogP contribution in [0.1, 0.15) is 55.3 Å². The van der Waals surface area contributed by atoms with Crippen LogP contribution in [-0.4, -0.2) is 82.5 Å². The summed E-state index contributed by atoms with van der Waals surface area (Å²) >= 11 is 4.41. The fourth-order valence-electron chi connectivity index (χ4n) is 5.44. The number of fused-ring (bicyclic) bond motifs is 1. The van der Waals surface area contributed by atoms with E-state index in [0.29, 0.717) is 23.2 Å². The van der Waals surface area contributed by atoms with Crippen molar-refractivity contribution in [1.82, 2.24) is 15.1 Å². The molecule has 2 atom stereocenters. The SMILES string of the molecule is CN(C)C(=O)CCN(C(=O)[C@@H]1CCCN1C(=O)[C@@H](NC(=O)c1cc2cc(C(F)(F)P(=O)(O)O)ccc2s1)C(C)(C)C)c1cccc(Br)c1. The highest BCUT2D eigenvalue weighted by Gasteiger charge is 2.50. The van der Waals surface area contributed by atoms with E-state index in [-0.39, 0.29) is 41.6 Å². The Morgan fingerprint density at radius 2 is 1.79 bits per heavy atom. The van der Waals surface area contributed by atoms with Gasteiger partial charge in [-0.1, -0.05) is 48.8 Å². The summed E-state index contributed by atoms with van der Waals surface area (Å²) in [6, 6.07) is 9.59. The van der Waals surface area contributed by atoms with Crippen molar-refractivity contribution in [3.63, 3.8) is 0 Å². The lowest BCUT2D eigenvalue weighted by Crippen LogP contribution is -2.58. The average Bonchev–Trinajstić information content (AvgIpc) is 3.65. The number of hydrogen-bond donors (Lipinski definition) is 3. The Hall–Kier alpha value is -3.23. The molecule has 0 unspecified atom stereocenters. The summed E-state index contributed by atoms with van der Waals surface area (Å²) < 4.78 is 41.2. The van der Waals surface area contributed by atoms with E-state index in [2.05, 4.69) is 21.2 Å². The summed E-state index contributed by atoms with van der Waals surface area (Å²) in [6.07, 6.45) is 1.01. The lowest BCUT2D eigenvalue weighted by atomic mass is 9.85. The second-order valence-corrected chi connectivity index (χ2v) is 16.6. The maximum Gasteiger partial charge on any atom is 0.399 e. The maximum atomic E-state index is 14.3. The molecule has 16 heteroatoms. The van der Waals surface area contributed by atoms with Crippen LogP contribution in [0.25, 0.3) is 10.1 Å². The van der Waals surface area contributed by atoms with Crippen LogP contribution in [0.3, 0.4) is 0 Å². The Morgan fingerprint density at radius 1 is 1.10 bits per heavy atom. The van der Waals surface area contributed by atoms with Gasteiger partial charge in [-0.3, -0.25) is 23.7 Å². The topological polar surface area (TPSA) is 148 Å². The Labute approximate surface area is 289 Å². The van der Waals surface area contributed by atoms with Crippen LogP contribution < -0.4 is 10.2 Å². The first-order valence-electron chi connectivity index (χ1n) is 15.1. The number of carbonyl (C=O) groups is 4. The van der Waals surface area contributed by atoms with Gasteiger partial charge in [0, 0.05) is 54.0 Å². The van der Waals surface area contributed by atoms with Gasteiger partial charge in [-0.05, 0) is 60.0 Å². The zero-order valence-corrected chi connectivity index (χ0v) is 30.4. The van der Waals surface area contributed by atoms with Crippen molar-refractivity contribution in [2.75, 3.05) is 32.1 Å². The van der Waals surface area contributed by atoms with Gasteiger partial charge in [0.25, 0.3) is 5.91 Å². The first-order chi connectivity index (χ1) is 22.2. The maximum absolute atomic E-state index is 14.3. The molecule has 0 spiro atoms. The molecule has 1 fully saturated rings. The van der Waals surface area contributed by atoms with Crippen molar-refractivity contribution in [3.05, 3.63) is 63.4 Å². The minimum atomic E-state index is -5.79. The number of nitrogens with zero attached hydrogens (tertiary/aromatic N) is 3. The minimum Gasteiger partial charge on any atom is -0.349 e. The van der Waals surface area contributed by atoms with Crippen molar-refractivity contribution < 1.29 is 42.3 Å². The van der Waals surface area contributed by atoms with Crippen molar-refractivity contribution in [2.24, 2.45) is 5.41 Å². The number of halogens is 3. The lowest BCUT2D eigenvalue weighted by Gasteiger charge is -2.36. The normalized spacial score (nSPS) is 16.1. The second kappa shape index (κ2) is 14.3. The lowest BCUT2D eigenvalue weighted by molar-refractivity contribution is -0.141. The van der Waals surface area contributed by atoms with Gasteiger partial charge in [-0.15, -0.1) is 11.3 Å². The number of benzene rings is 2. The number of thiophene rings is 1. The third-order valence-electron chi connectivity index (χ3n) is 8.10. The Balaban J connectivity index is 1.59. The molecule has 0 saturated carbocycles. The number of carbonyl (C=O) groups excluding carboxylic acids is 4. The van der Waals surface area contributed by atoms with Crippen molar-refractivity contribution in [1.29, 1.82) is 0 Å². The zero-order chi connectivity index (χ0) is 35.8. The van der Waals surface area contributed by atoms with Gasteiger partial charge in [-0.25, -0.2) is 0 Å².